The first-order valence-electron chi connectivity index (χ1n) is 5.70. The summed E-state index contributed by atoms with van der Waals surface area (Å²) in [5, 5.41) is 8.97. The summed E-state index contributed by atoms with van der Waals surface area (Å²) in [5.74, 6) is 0. The minimum absolute atomic E-state index is 0.739. The van der Waals surface area contributed by atoms with Crippen molar-refractivity contribution in [3.63, 3.8) is 0 Å². The van der Waals surface area contributed by atoms with Crippen LogP contribution in [0.1, 0.15) is 16.7 Å². The maximum absolute atomic E-state index is 8.97. The lowest BCUT2D eigenvalue weighted by Gasteiger charge is -2.11. The number of nitriles is 1. The van der Waals surface area contributed by atoms with Gasteiger partial charge in [0.2, 0.25) is 0 Å². The van der Waals surface area contributed by atoms with Crippen molar-refractivity contribution in [1.29, 1.82) is 5.26 Å². The fourth-order valence-electron chi connectivity index (χ4n) is 1.65. The Balaban J connectivity index is 2.16. The third-order valence-electron chi connectivity index (χ3n) is 2.93. The zero-order valence-corrected chi connectivity index (χ0v) is 11.2. The van der Waals surface area contributed by atoms with Gasteiger partial charge >= 0.3 is 0 Å². The van der Waals surface area contributed by atoms with Gasteiger partial charge in [0.15, 0.2) is 0 Å². The minimum atomic E-state index is 0.739. The molecule has 2 aromatic rings. The Morgan fingerprint density at radius 3 is 2.39 bits per heavy atom. The van der Waals surface area contributed by atoms with Crippen molar-refractivity contribution in [2.45, 2.75) is 18.7 Å². The molecule has 18 heavy (non-hydrogen) atoms. The predicted molar refractivity (Wildman–Crippen MR) is 76.6 cm³/mol. The molecule has 0 bridgehead atoms. The Morgan fingerprint density at radius 2 is 1.72 bits per heavy atom. The second kappa shape index (κ2) is 5.61. The summed E-state index contributed by atoms with van der Waals surface area (Å²) < 4.78 is 3.33. The number of benzene rings is 2. The largest absolute Gasteiger partial charge is 0.325 e. The van der Waals surface area contributed by atoms with Gasteiger partial charge in [-0.15, -0.1) is 0 Å². The topological polar surface area (TPSA) is 35.8 Å². The molecule has 90 valence electrons. The lowest BCUT2D eigenvalue weighted by molar-refractivity contribution is 1.31. The molecule has 3 heteroatoms. The fourth-order valence-corrected chi connectivity index (χ4v) is 2.40. The average Bonchev–Trinajstić information content (AvgIpc) is 2.42. The summed E-state index contributed by atoms with van der Waals surface area (Å²) in [6, 6.07) is 16.2. The van der Waals surface area contributed by atoms with Crippen molar-refractivity contribution in [3.8, 4) is 6.07 Å². The van der Waals surface area contributed by atoms with E-state index in [9.17, 15) is 0 Å². The summed E-state index contributed by atoms with van der Waals surface area (Å²) in [6.07, 6.45) is 0. The van der Waals surface area contributed by atoms with Gasteiger partial charge in [0.05, 0.1) is 11.6 Å². The molecule has 1 N–H and O–H groups in total. The molecular formula is C15H14N2S. The molecule has 0 aliphatic carbocycles. The Hall–Kier alpha value is -1.92. The first kappa shape index (κ1) is 12.5. The van der Waals surface area contributed by atoms with Crippen LogP contribution in [-0.4, -0.2) is 0 Å². The second-order valence-electron chi connectivity index (χ2n) is 4.04. The Kier molecular flexibility index (Phi) is 3.91. The van der Waals surface area contributed by atoms with Crippen molar-refractivity contribution >= 4 is 17.6 Å². The van der Waals surface area contributed by atoms with Gasteiger partial charge in [0.25, 0.3) is 0 Å². The van der Waals surface area contributed by atoms with E-state index in [4.69, 9.17) is 5.26 Å². The molecule has 0 heterocycles. The number of hydrogen-bond acceptors (Lipinski definition) is 3. The Morgan fingerprint density at radius 1 is 1.00 bits per heavy atom. The molecule has 0 saturated carbocycles. The number of nitrogens with one attached hydrogen (secondary N) is 1. The maximum atomic E-state index is 8.97. The average molecular weight is 254 g/mol. The molecule has 0 amide bonds. The molecule has 0 aliphatic rings. The molecule has 0 aromatic heterocycles. The van der Waals surface area contributed by atoms with E-state index in [1.807, 2.05) is 44.2 Å². The maximum Gasteiger partial charge on any atom is 0.0994 e. The van der Waals surface area contributed by atoms with E-state index >= 15 is 0 Å². The molecule has 0 saturated heterocycles. The van der Waals surface area contributed by atoms with Gasteiger partial charge < -0.3 is 4.72 Å². The van der Waals surface area contributed by atoms with Crippen molar-refractivity contribution in [2.24, 2.45) is 0 Å². The van der Waals surface area contributed by atoms with E-state index in [1.54, 1.807) is 11.9 Å². The van der Waals surface area contributed by atoms with Gasteiger partial charge in [-0.2, -0.15) is 5.26 Å². The van der Waals surface area contributed by atoms with Crippen LogP contribution in [0.25, 0.3) is 0 Å². The zero-order valence-electron chi connectivity index (χ0n) is 10.4. The highest BCUT2D eigenvalue weighted by atomic mass is 32.2. The molecule has 0 radical (unpaired) electrons. The first-order valence-corrected chi connectivity index (χ1v) is 6.52. The third-order valence-corrected chi connectivity index (χ3v) is 3.76. The van der Waals surface area contributed by atoms with Crippen LogP contribution in [-0.2, 0) is 0 Å². The van der Waals surface area contributed by atoms with E-state index in [0.29, 0.717) is 0 Å². The highest BCUT2D eigenvalue weighted by molar-refractivity contribution is 8.00. The third kappa shape index (κ3) is 2.66. The summed E-state index contributed by atoms with van der Waals surface area (Å²) in [6.45, 7) is 4.01. The molecule has 0 unspecified atom stereocenters. The summed E-state index contributed by atoms with van der Waals surface area (Å²) in [4.78, 5) is 1.17. The van der Waals surface area contributed by atoms with E-state index in [-0.39, 0.29) is 0 Å². The first-order chi connectivity index (χ1) is 8.72. The van der Waals surface area contributed by atoms with Crippen LogP contribution in [0, 0.1) is 25.2 Å². The van der Waals surface area contributed by atoms with Gasteiger partial charge in [-0.1, -0.05) is 18.2 Å². The molecule has 0 fully saturated rings. The summed E-state index contributed by atoms with van der Waals surface area (Å²) in [5.41, 5.74) is 3.96. The van der Waals surface area contributed by atoms with Crippen molar-refractivity contribution < 1.29 is 0 Å². The van der Waals surface area contributed by atoms with Crippen LogP contribution in [0.2, 0.25) is 0 Å². The standard InChI is InChI=1S/C15H14N2S/c1-11-12(2)15(9-8-13(11)10-16)17-18-14-6-4-3-5-7-14/h3-9,17H,1-2H3. The van der Waals surface area contributed by atoms with Crippen molar-refractivity contribution in [1.82, 2.24) is 0 Å². The van der Waals surface area contributed by atoms with E-state index in [2.05, 4.69) is 22.9 Å². The summed E-state index contributed by atoms with van der Waals surface area (Å²) >= 11 is 1.58. The zero-order chi connectivity index (χ0) is 13.0. The van der Waals surface area contributed by atoms with Crippen LogP contribution in [0.15, 0.2) is 47.4 Å². The van der Waals surface area contributed by atoms with Crippen LogP contribution < -0.4 is 4.72 Å². The van der Waals surface area contributed by atoms with Gasteiger partial charge in [-0.25, -0.2) is 0 Å². The van der Waals surface area contributed by atoms with Gasteiger partial charge in [-0.3, -0.25) is 0 Å². The smallest absolute Gasteiger partial charge is 0.0994 e. The van der Waals surface area contributed by atoms with Crippen LogP contribution in [0.3, 0.4) is 0 Å². The van der Waals surface area contributed by atoms with Crippen molar-refractivity contribution in [3.05, 3.63) is 59.2 Å². The van der Waals surface area contributed by atoms with E-state index in [1.165, 1.54) is 4.90 Å². The minimum Gasteiger partial charge on any atom is -0.325 e. The van der Waals surface area contributed by atoms with Gasteiger partial charge in [0.1, 0.15) is 0 Å². The summed E-state index contributed by atoms with van der Waals surface area (Å²) in [7, 11) is 0. The molecule has 2 rings (SSSR count). The van der Waals surface area contributed by atoms with Crippen molar-refractivity contribution in [2.75, 3.05) is 4.72 Å². The normalized spacial score (nSPS) is 9.83. The molecule has 0 spiro atoms. The molecule has 2 aromatic carbocycles. The predicted octanol–water partition coefficient (Wildman–Crippen LogP) is 4.29. The monoisotopic (exact) mass is 254 g/mol. The quantitative estimate of drug-likeness (QED) is 0.830. The second-order valence-corrected chi connectivity index (χ2v) is 4.92. The number of hydrogen-bond donors (Lipinski definition) is 1. The fraction of sp³-hybridized carbons (Fsp3) is 0.133. The van der Waals surface area contributed by atoms with Crippen LogP contribution in [0.5, 0.6) is 0 Å². The lowest BCUT2D eigenvalue weighted by atomic mass is 10.0. The van der Waals surface area contributed by atoms with E-state index in [0.717, 1.165) is 22.4 Å². The number of anilines is 1. The molecular weight excluding hydrogens is 240 g/mol. The van der Waals surface area contributed by atoms with Gasteiger partial charge in [0, 0.05) is 10.6 Å². The SMILES string of the molecule is Cc1c(C#N)ccc(NSc2ccccc2)c1C. The Labute approximate surface area is 112 Å². The highest BCUT2D eigenvalue weighted by Gasteiger charge is 2.05. The molecule has 2 nitrogen and oxygen atoms in total. The Bertz CT molecular complexity index is 585. The lowest BCUT2D eigenvalue weighted by Crippen LogP contribution is -1.94. The van der Waals surface area contributed by atoms with Gasteiger partial charge in [-0.05, 0) is 61.2 Å². The molecule has 0 aliphatic heterocycles. The van der Waals surface area contributed by atoms with Crippen LogP contribution >= 0.6 is 11.9 Å². The number of rotatable bonds is 3. The van der Waals surface area contributed by atoms with E-state index < -0.39 is 0 Å². The highest BCUT2D eigenvalue weighted by Crippen LogP contribution is 2.26. The number of nitrogens with zero attached hydrogens (tertiary/aromatic N) is 1. The van der Waals surface area contributed by atoms with Crippen LogP contribution in [0.4, 0.5) is 5.69 Å². The molecule has 0 atom stereocenters.